The Morgan fingerprint density at radius 2 is 1.90 bits per heavy atom. The van der Waals surface area contributed by atoms with E-state index in [9.17, 15) is 18.0 Å². The summed E-state index contributed by atoms with van der Waals surface area (Å²) >= 11 is 0.668. The third-order valence-electron chi connectivity index (χ3n) is 4.55. The summed E-state index contributed by atoms with van der Waals surface area (Å²) in [5, 5.41) is 8.69. The highest BCUT2D eigenvalue weighted by Gasteiger charge is 2.35. The molecule has 1 amide bonds. The second kappa shape index (κ2) is 8.93. The van der Waals surface area contributed by atoms with Crippen LogP contribution in [-0.4, -0.2) is 35.1 Å². The second-order valence-corrected chi connectivity index (χ2v) is 7.77. The van der Waals surface area contributed by atoms with Crippen molar-refractivity contribution in [1.29, 1.82) is 0 Å². The first-order valence-corrected chi connectivity index (χ1v) is 10.4. The van der Waals surface area contributed by atoms with E-state index in [2.05, 4.69) is 10.4 Å². The van der Waals surface area contributed by atoms with Crippen molar-refractivity contribution >= 4 is 29.1 Å². The number of hydrazone groups is 1. The molecule has 162 valence electrons. The quantitative estimate of drug-likeness (QED) is 0.495. The smallest absolute Gasteiger partial charge is 0.398 e. The van der Waals surface area contributed by atoms with Gasteiger partial charge in [0.15, 0.2) is 0 Å². The van der Waals surface area contributed by atoms with Crippen LogP contribution in [0.5, 0.6) is 0 Å². The Morgan fingerprint density at radius 1 is 1.13 bits per heavy atom. The Bertz CT molecular complexity index is 1050. The van der Waals surface area contributed by atoms with Crippen molar-refractivity contribution in [3.8, 4) is 0 Å². The summed E-state index contributed by atoms with van der Waals surface area (Å²) in [6, 6.07) is 13.1. The molecule has 0 bridgehead atoms. The Kier molecular flexibility index (Phi) is 6.08. The lowest BCUT2D eigenvalue weighted by molar-refractivity contribution is -0.131. The zero-order chi connectivity index (χ0) is 21.8. The molecule has 0 aliphatic carbocycles. The van der Waals surface area contributed by atoms with Crippen LogP contribution < -0.4 is 5.32 Å². The normalized spacial score (nSPS) is 16.4. The highest BCUT2D eigenvalue weighted by atomic mass is 32.2. The van der Waals surface area contributed by atoms with Gasteiger partial charge in [-0.15, -0.1) is 11.8 Å². The molecule has 31 heavy (non-hydrogen) atoms. The number of rotatable bonds is 7. The number of amides is 1. The number of furan rings is 2. The summed E-state index contributed by atoms with van der Waals surface area (Å²) in [5.74, 6) is -0.213. The first kappa shape index (κ1) is 21.1. The highest BCUT2D eigenvalue weighted by Crippen LogP contribution is 2.34. The Balaban J connectivity index is 1.48. The van der Waals surface area contributed by atoms with Gasteiger partial charge in [0.1, 0.15) is 23.3 Å². The van der Waals surface area contributed by atoms with Gasteiger partial charge in [0.05, 0.1) is 24.8 Å². The number of anilines is 1. The van der Waals surface area contributed by atoms with E-state index in [-0.39, 0.29) is 12.5 Å². The van der Waals surface area contributed by atoms with Crippen LogP contribution >= 0.6 is 11.8 Å². The van der Waals surface area contributed by atoms with E-state index < -0.39 is 18.0 Å². The van der Waals surface area contributed by atoms with Gasteiger partial charge < -0.3 is 14.2 Å². The molecule has 1 atom stereocenters. The maximum atomic E-state index is 13.0. The lowest BCUT2D eigenvalue weighted by Gasteiger charge is -2.20. The molecule has 3 aromatic rings. The topological polar surface area (TPSA) is 71.0 Å². The number of alkyl halides is 3. The van der Waals surface area contributed by atoms with Crippen molar-refractivity contribution in [2.75, 3.05) is 17.6 Å². The molecule has 0 saturated carbocycles. The number of nitrogens with one attached hydrogen (secondary N) is 1. The van der Waals surface area contributed by atoms with Gasteiger partial charge >= 0.3 is 6.18 Å². The summed E-state index contributed by atoms with van der Waals surface area (Å²) < 4.78 is 48.6. The first-order valence-electron chi connectivity index (χ1n) is 9.40. The Labute approximate surface area is 180 Å². The van der Waals surface area contributed by atoms with Crippen LogP contribution in [0.25, 0.3) is 0 Å². The largest absolute Gasteiger partial charge is 0.467 e. The molecule has 0 radical (unpaired) electrons. The van der Waals surface area contributed by atoms with Crippen LogP contribution in [0.4, 0.5) is 18.9 Å². The van der Waals surface area contributed by atoms with Crippen LogP contribution in [0.2, 0.25) is 0 Å². The third-order valence-corrected chi connectivity index (χ3v) is 5.69. The van der Waals surface area contributed by atoms with E-state index in [0.29, 0.717) is 46.0 Å². The number of nitrogens with zero attached hydrogens (tertiary/aromatic N) is 2. The SMILES string of the molecule is O=C(CNc1ccccc1SCC(F)(F)F)N1N=C(c2ccco2)CC1c1ccco1. The lowest BCUT2D eigenvalue weighted by Crippen LogP contribution is -2.32. The molecule has 2 aromatic heterocycles. The Morgan fingerprint density at radius 3 is 2.61 bits per heavy atom. The van der Waals surface area contributed by atoms with Crippen LogP contribution in [0.3, 0.4) is 0 Å². The molecule has 10 heteroatoms. The van der Waals surface area contributed by atoms with Gasteiger partial charge in [0.2, 0.25) is 0 Å². The van der Waals surface area contributed by atoms with Gasteiger partial charge in [-0.2, -0.15) is 18.3 Å². The molecule has 4 rings (SSSR count). The summed E-state index contributed by atoms with van der Waals surface area (Å²) in [6.45, 7) is -0.143. The van der Waals surface area contributed by atoms with Gasteiger partial charge in [-0.25, -0.2) is 5.01 Å². The van der Waals surface area contributed by atoms with Crippen LogP contribution in [0.1, 0.15) is 24.0 Å². The van der Waals surface area contributed by atoms with Crippen molar-refractivity contribution in [2.45, 2.75) is 23.5 Å². The van der Waals surface area contributed by atoms with Gasteiger partial charge in [-0.1, -0.05) is 12.1 Å². The van der Waals surface area contributed by atoms with Gasteiger partial charge in [0.25, 0.3) is 5.91 Å². The van der Waals surface area contributed by atoms with Crippen molar-refractivity contribution in [3.05, 3.63) is 72.6 Å². The predicted molar refractivity (Wildman–Crippen MR) is 110 cm³/mol. The molecule has 1 N–H and O–H groups in total. The standard InChI is InChI=1S/C21H18F3N3O3S/c22-21(23,24)13-31-19-8-2-1-5-14(19)25-12-20(28)27-16(18-7-4-10-30-18)11-15(26-27)17-6-3-9-29-17/h1-10,16,25H,11-13H2. The minimum Gasteiger partial charge on any atom is -0.467 e. The maximum Gasteiger partial charge on any atom is 0.398 e. The van der Waals surface area contributed by atoms with Gasteiger partial charge in [0, 0.05) is 17.0 Å². The van der Waals surface area contributed by atoms with E-state index in [1.807, 2.05) is 0 Å². The molecule has 0 saturated heterocycles. The fourth-order valence-corrected chi connectivity index (χ4v) is 3.97. The number of halogens is 3. The molecule has 1 aliphatic heterocycles. The van der Waals surface area contributed by atoms with Crippen LogP contribution in [0, 0.1) is 0 Å². The zero-order valence-corrected chi connectivity index (χ0v) is 16.9. The summed E-state index contributed by atoms with van der Waals surface area (Å²) in [7, 11) is 0. The minimum absolute atomic E-state index is 0.143. The number of para-hydroxylation sites is 1. The second-order valence-electron chi connectivity index (χ2n) is 6.75. The highest BCUT2D eigenvalue weighted by molar-refractivity contribution is 7.99. The van der Waals surface area contributed by atoms with Crippen molar-refractivity contribution < 1.29 is 26.8 Å². The lowest BCUT2D eigenvalue weighted by atomic mass is 10.1. The van der Waals surface area contributed by atoms with Crippen molar-refractivity contribution in [1.82, 2.24) is 5.01 Å². The molecule has 3 heterocycles. The zero-order valence-electron chi connectivity index (χ0n) is 16.1. The molecule has 1 aliphatic rings. The third kappa shape index (κ3) is 5.13. The molecule has 1 aromatic carbocycles. The van der Waals surface area contributed by atoms with E-state index in [0.717, 1.165) is 0 Å². The predicted octanol–water partition coefficient (Wildman–Crippen LogP) is 5.32. The number of hydrogen-bond acceptors (Lipinski definition) is 6. The number of hydrogen-bond donors (Lipinski definition) is 1. The average molecular weight is 449 g/mol. The average Bonchev–Trinajstić information content (AvgIpc) is 3.50. The molecule has 6 nitrogen and oxygen atoms in total. The van der Waals surface area contributed by atoms with Crippen molar-refractivity contribution in [3.63, 3.8) is 0 Å². The summed E-state index contributed by atoms with van der Waals surface area (Å²) in [4.78, 5) is 13.4. The molecular formula is C21H18F3N3O3S. The maximum absolute atomic E-state index is 13.0. The fourth-order valence-electron chi connectivity index (χ4n) is 3.18. The number of benzene rings is 1. The van der Waals surface area contributed by atoms with Crippen LogP contribution in [0.15, 0.2) is 79.9 Å². The van der Waals surface area contributed by atoms with Crippen molar-refractivity contribution in [2.24, 2.45) is 5.10 Å². The monoisotopic (exact) mass is 449 g/mol. The number of thioether (sulfide) groups is 1. The van der Waals surface area contributed by atoms with E-state index >= 15 is 0 Å². The van der Waals surface area contributed by atoms with E-state index in [1.54, 1.807) is 48.5 Å². The first-order chi connectivity index (χ1) is 14.9. The molecular weight excluding hydrogens is 431 g/mol. The number of carbonyl (C=O) groups excluding carboxylic acids is 1. The van der Waals surface area contributed by atoms with Gasteiger partial charge in [-0.05, 0) is 36.4 Å². The Hall–Kier alpha value is -3.14. The fraction of sp³-hybridized carbons (Fsp3) is 0.238. The molecule has 1 unspecified atom stereocenters. The number of carbonyl (C=O) groups is 1. The van der Waals surface area contributed by atoms with Gasteiger partial charge in [-0.3, -0.25) is 4.79 Å². The summed E-state index contributed by atoms with van der Waals surface area (Å²) in [5.41, 5.74) is 1.06. The minimum atomic E-state index is -4.28. The summed E-state index contributed by atoms with van der Waals surface area (Å²) in [6.07, 6.45) is -0.808. The van der Waals surface area contributed by atoms with E-state index in [1.165, 1.54) is 17.5 Å². The van der Waals surface area contributed by atoms with E-state index in [4.69, 9.17) is 8.83 Å². The molecule has 0 spiro atoms. The van der Waals surface area contributed by atoms with Crippen LogP contribution in [-0.2, 0) is 4.79 Å². The molecule has 0 fully saturated rings.